The summed E-state index contributed by atoms with van der Waals surface area (Å²) in [4.78, 5) is 29.7. The van der Waals surface area contributed by atoms with E-state index in [1.165, 1.54) is 10.9 Å². The molecule has 1 aromatic carbocycles. The van der Waals surface area contributed by atoms with Crippen LogP contribution in [0.3, 0.4) is 0 Å². The molecule has 4 rings (SSSR count). The van der Waals surface area contributed by atoms with Gasteiger partial charge >= 0.3 is 0 Å². The summed E-state index contributed by atoms with van der Waals surface area (Å²) >= 11 is 5.99. The predicted molar refractivity (Wildman–Crippen MR) is 129 cm³/mol. The standard InChI is InChI=1S/C24H24ClN5O3/c1-11-8-15(13(3)28-18-6-7-19(25)29-14(18)4)23-16(9-11)21(31)12(2)22(33-23)17-10-27-30(5)20(17)24(26)32/h6-10,13,28H,1-5H3,(H2,26,32). The molecule has 0 aliphatic rings. The maximum absolute atomic E-state index is 13.3. The summed E-state index contributed by atoms with van der Waals surface area (Å²) in [5.41, 5.74) is 10.1. The molecule has 3 aromatic heterocycles. The number of nitrogens with zero attached hydrogens (tertiary/aromatic N) is 3. The Kier molecular flexibility index (Phi) is 5.71. The maximum Gasteiger partial charge on any atom is 0.267 e. The van der Waals surface area contributed by atoms with Crippen LogP contribution >= 0.6 is 11.6 Å². The molecule has 9 heteroatoms. The Labute approximate surface area is 195 Å². The van der Waals surface area contributed by atoms with Crippen molar-refractivity contribution in [3.63, 3.8) is 0 Å². The van der Waals surface area contributed by atoms with Gasteiger partial charge in [-0.3, -0.25) is 14.3 Å². The first-order chi connectivity index (χ1) is 15.6. The molecule has 8 nitrogen and oxygen atoms in total. The van der Waals surface area contributed by atoms with Crippen molar-refractivity contribution < 1.29 is 9.21 Å². The SMILES string of the molecule is Cc1cc(C(C)Nc2ccc(Cl)nc2C)c2oc(-c3cnn(C)c3C(N)=O)c(C)c(=O)c2c1. The normalized spacial score (nSPS) is 12.2. The zero-order valence-electron chi connectivity index (χ0n) is 19.0. The fourth-order valence-corrected chi connectivity index (χ4v) is 4.23. The molecule has 1 amide bonds. The number of amides is 1. The van der Waals surface area contributed by atoms with E-state index >= 15 is 0 Å². The van der Waals surface area contributed by atoms with Crippen molar-refractivity contribution in [2.24, 2.45) is 12.8 Å². The molecule has 1 atom stereocenters. The molecular weight excluding hydrogens is 442 g/mol. The first-order valence-corrected chi connectivity index (χ1v) is 10.8. The van der Waals surface area contributed by atoms with Gasteiger partial charge in [-0.2, -0.15) is 5.10 Å². The van der Waals surface area contributed by atoms with Crippen molar-refractivity contribution in [2.75, 3.05) is 5.32 Å². The molecule has 0 aliphatic heterocycles. The van der Waals surface area contributed by atoms with Crippen molar-refractivity contribution in [3.05, 3.63) is 73.9 Å². The second-order valence-corrected chi connectivity index (χ2v) is 8.53. The van der Waals surface area contributed by atoms with E-state index in [9.17, 15) is 9.59 Å². The van der Waals surface area contributed by atoms with Crippen molar-refractivity contribution in [2.45, 2.75) is 33.7 Å². The molecule has 0 saturated carbocycles. The molecule has 0 radical (unpaired) electrons. The summed E-state index contributed by atoms with van der Waals surface area (Å²) in [6.07, 6.45) is 1.48. The van der Waals surface area contributed by atoms with Gasteiger partial charge in [-0.25, -0.2) is 4.98 Å². The quantitative estimate of drug-likeness (QED) is 0.421. The Hall–Kier alpha value is -3.65. The summed E-state index contributed by atoms with van der Waals surface area (Å²) in [7, 11) is 1.61. The lowest BCUT2D eigenvalue weighted by Gasteiger charge is -2.19. The van der Waals surface area contributed by atoms with Crippen LogP contribution in [0.4, 0.5) is 5.69 Å². The highest BCUT2D eigenvalue weighted by Crippen LogP contribution is 2.33. The van der Waals surface area contributed by atoms with E-state index in [1.807, 2.05) is 39.0 Å². The molecule has 0 aliphatic carbocycles. The van der Waals surface area contributed by atoms with Crippen LogP contribution in [0.1, 0.15) is 45.8 Å². The minimum Gasteiger partial charge on any atom is -0.455 e. The first-order valence-electron chi connectivity index (χ1n) is 10.4. The van der Waals surface area contributed by atoms with Gasteiger partial charge in [-0.15, -0.1) is 0 Å². The van der Waals surface area contributed by atoms with Gasteiger partial charge in [0.15, 0.2) is 5.43 Å². The number of benzene rings is 1. The summed E-state index contributed by atoms with van der Waals surface area (Å²) in [6, 6.07) is 7.13. The van der Waals surface area contributed by atoms with Crippen LogP contribution in [0.5, 0.6) is 0 Å². The molecule has 0 spiro atoms. The van der Waals surface area contributed by atoms with Gasteiger partial charge in [0.25, 0.3) is 5.91 Å². The van der Waals surface area contributed by atoms with Gasteiger partial charge in [0.05, 0.1) is 34.6 Å². The van der Waals surface area contributed by atoms with Gasteiger partial charge in [0, 0.05) is 18.2 Å². The third kappa shape index (κ3) is 3.98. The highest BCUT2D eigenvalue weighted by molar-refractivity contribution is 6.29. The first kappa shape index (κ1) is 22.5. The molecule has 0 fully saturated rings. The van der Waals surface area contributed by atoms with Crippen LogP contribution in [0.15, 0.2) is 39.7 Å². The van der Waals surface area contributed by atoms with Crippen LogP contribution in [-0.4, -0.2) is 20.7 Å². The number of primary amides is 1. The molecule has 0 saturated heterocycles. The lowest BCUT2D eigenvalue weighted by Crippen LogP contribution is -2.18. The molecule has 0 bridgehead atoms. The zero-order valence-corrected chi connectivity index (χ0v) is 19.7. The smallest absolute Gasteiger partial charge is 0.267 e. The number of nitrogens with one attached hydrogen (secondary N) is 1. The minimum absolute atomic E-state index is 0.170. The number of nitrogens with two attached hydrogens (primary N) is 1. The minimum atomic E-state index is -0.656. The molecular formula is C24H24ClN5O3. The fraction of sp³-hybridized carbons (Fsp3) is 0.250. The number of pyridine rings is 1. The van der Waals surface area contributed by atoms with E-state index in [-0.39, 0.29) is 22.9 Å². The summed E-state index contributed by atoms with van der Waals surface area (Å²) < 4.78 is 7.69. The van der Waals surface area contributed by atoms with Crippen LogP contribution in [-0.2, 0) is 7.05 Å². The van der Waals surface area contributed by atoms with Crippen LogP contribution < -0.4 is 16.5 Å². The van der Waals surface area contributed by atoms with E-state index in [4.69, 9.17) is 21.8 Å². The second-order valence-electron chi connectivity index (χ2n) is 8.14. The number of anilines is 1. The maximum atomic E-state index is 13.3. The number of fused-ring (bicyclic) bond motifs is 1. The number of rotatable bonds is 5. The van der Waals surface area contributed by atoms with Gasteiger partial charge in [-0.1, -0.05) is 17.7 Å². The number of hydrogen-bond donors (Lipinski definition) is 2. The second kappa shape index (κ2) is 8.37. The molecule has 1 unspecified atom stereocenters. The lowest BCUT2D eigenvalue weighted by atomic mass is 9.98. The number of carbonyl (C=O) groups excluding carboxylic acids is 1. The van der Waals surface area contributed by atoms with Crippen molar-refractivity contribution in [1.82, 2.24) is 14.8 Å². The van der Waals surface area contributed by atoms with Crippen LogP contribution in [0.2, 0.25) is 5.15 Å². The lowest BCUT2D eigenvalue weighted by molar-refractivity contribution is 0.0992. The van der Waals surface area contributed by atoms with Gasteiger partial charge < -0.3 is 15.5 Å². The average Bonchev–Trinajstić information content (AvgIpc) is 3.14. The Morgan fingerprint density at radius 2 is 1.97 bits per heavy atom. The molecule has 170 valence electrons. The van der Waals surface area contributed by atoms with Gasteiger partial charge in [-0.05, 0) is 51.5 Å². The van der Waals surface area contributed by atoms with E-state index in [2.05, 4.69) is 15.4 Å². The van der Waals surface area contributed by atoms with Crippen LogP contribution in [0.25, 0.3) is 22.3 Å². The van der Waals surface area contributed by atoms with Crippen LogP contribution in [0, 0.1) is 20.8 Å². The van der Waals surface area contributed by atoms with E-state index < -0.39 is 5.91 Å². The highest BCUT2D eigenvalue weighted by Gasteiger charge is 2.24. The third-order valence-corrected chi connectivity index (χ3v) is 5.91. The van der Waals surface area contributed by atoms with Gasteiger partial charge in [0.2, 0.25) is 0 Å². The molecule has 4 aromatic rings. The van der Waals surface area contributed by atoms with E-state index in [1.54, 1.807) is 20.0 Å². The zero-order chi connectivity index (χ0) is 24.0. The topological polar surface area (TPSA) is 116 Å². The Morgan fingerprint density at radius 1 is 1.24 bits per heavy atom. The number of aromatic nitrogens is 3. The van der Waals surface area contributed by atoms with Crippen molar-refractivity contribution >= 4 is 34.2 Å². The summed E-state index contributed by atoms with van der Waals surface area (Å²) in [5.74, 6) is -0.381. The van der Waals surface area contributed by atoms with Crippen molar-refractivity contribution in [3.8, 4) is 11.3 Å². The third-order valence-electron chi connectivity index (χ3n) is 5.70. The Morgan fingerprint density at radius 3 is 2.64 bits per heavy atom. The fourth-order valence-electron chi connectivity index (χ4n) is 4.04. The molecule has 3 heterocycles. The Balaban J connectivity index is 1.93. The molecule has 3 N–H and O–H groups in total. The number of hydrogen-bond acceptors (Lipinski definition) is 6. The van der Waals surface area contributed by atoms with E-state index in [0.29, 0.717) is 27.2 Å². The van der Waals surface area contributed by atoms with Gasteiger partial charge in [0.1, 0.15) is 22.2 Å². The summed E-state index contributed by atoms with van der Waals surface area (Å²) in [6.45, 7) is 7.44. The number of carbonyl (C=O) groups is 1. The number of halogens is 1. The van der Waals surface area contributed by atoms with Crippen molar-refractivity contribution in [1.29, 1.82) is 0 Å². The largest absolute Gasteiger partial charge is 0.455 e. The molecule has 33 heavy (non-hydrogen) atoms. The highest BCUT2D eigenvalue weighted by atomic mass is 35.5. The van der Waals surface area contributed by atoms with E-state index in [0.717, 1.165) is 22.5 Å². The Bertz CT molecular complexity index is 1470. The predicted octanol–water partition coefficient (Wildman–Crippen LogP) is 4.44. The average molecular weight is 466 g/mol. The monoisotopic (exact) mass is 465 g/mol. The summed E-state index contributed by atoms with van der Waals surface area (Å²) in [5, 5.41) is 8.44. The number of aryl methyl sites for hydroxylation is 3.